The Hall–Kier alpha value is -3.88. The van der Waals surface area contributed by atoms with Crippen LogP contribution in [-0.2, 0) is 27.2 Å². The number of nitrogens with one attached hydrogen (secondary N) is 3. The Kier molecular flexibility index (Phi) is 4.84. The summed E-state index contributed by atoms with van der Waals surface area (Å²) in [5, 5.41) is 7.88. The van der Waals surface area contributed by atoms with E-state index in [0.717, 1.165) is 16.7 Å². The quantitative estimate of drug-likeness (QED) is 0.617. The van der Waals surface area contributed by atoms with Gasteiger partial charge in [0.05, 0.1) is 5.69 Å². The topological polar surface area (TPSA) is 117 Å². The molecule has 33 heavy (non-hydrogen) atoms. The molecule has 3 aliphatic rings. The van der Waals surface area contributed by atoms with Gasteiger partial charge in [0.2, 0.25) is 5.91 Å². The van der Waals surface area contributed by atoms with Crippen LogP contribution in [0.3, 0.4) is 0 Å². The molecule has 2 aliphatic heterocycles. The number of hydrogen-bond acceptors (Lipinski definition) is 5. The molecule has 1 spiro atoms. The summed E-state index contributed by atoms with van der Waals surface area (Å²) in [5.74, 6) is -0.337. The number of ether oxygens (including phenoxy) is 1. The fraction of sp³-hybridized carbons (Fsp3) is 0.333. The maximum atomic E-state index is 12.9. The van der Waals surface area contributed by atoms with Crippen molar-refractivity contribution < 1.29 is 23.9 Å². The summed E-state index contributed by atoms with van der Waals surface area (Å²) in [6.45, 7) is 3.64. The lowest BCUT2D eigenvalue weighted by Crippen LogP contribution is -2.48. The highest BCUT2D eigenvalue weighted by molar-refractivity contribution is 6.08. The van der Waals surface area contributed by atoms with Crippen LogP contribution >= 0.6 is 0 Å². The number of imide groups is 1. The van der Waals surface area contributed by atoms with E-state index in [-0.39, 0.29) is 24.3 Å². The minimum Gasteiger partial charge on any atom is -0.478 e. The summed E-state index contributed by atoms with van der Waals surface area (Å²) in [7, 11) is 0. The van der Waals surface area contributed by atoms with Gasteiger partial charge in [-0.25, -0.2) is 4.79 Å². The van der Waals surface area contributed by atoms with Gasteiger partial charge in [-0.2, -0.15) is 0 Å². The fourth-order valence-corrected chi connectivity index (χ4v) is 4.73. The van der Waals surface area contributed by atoms with Gasteiger partial charge in [-0.1, -0.05) is 19.1 Å². The molecule has 5 amide bonds. The summed E-state index contributed by atoms with van der Waals surface area (Å²) in [6, 6.07) is 10.5. The molecule has 1 aliphatic carbocycles. The third-order valence-electron chi connectivity index (χ3n) is 6.38. The summed E-state index contributed by atoms with van der Waals surface area (Å²) < 4.78 is 5.81. The zero-order chi connectivity index (χ0) is 23.3. The van der Waals surface area contributed by atoms with Gasteiger partial charge in [-0.15, -0.1) is 0 Å². The van der Waals surface area contributed by atoms with E-state index in [1.165, 1.54) is 4.90 Å². The smallest absolute Gasteiger partial charge is 0.322 e. The van der Waals surface area contributed by atoms with E-state index in [9.17, 15) is 19.2 Å². The van der Waals surface area contributed by atoms with Crippen LogP contribution in [-0.4, -0.2) is 41.9 Å². The third-order valence-corrected chi connectivity index (χ3v) is 6.38. The number of aryl methyl sites for hydroxylation is 1. The fourth-order valence-electron chi connectivity index (χ4n) is 4.73. The highest BCUT2D eigenvalue weighted by Crippen LogP contribution is 2.36. The zero-order valence-corrected chi connectivity index (χ0v) is 18.4. The van der Waals surface area contributed by atoms with E-state index < -0.39 is 17.7 Å². The van der Waals surface area contributed by atoms with Crippen molar-refractivity contribution in [3.8, 4) is 5.75 Å². The van der Waals surface area contributed by atoms with Crippen LogP contribution in [0.1, 0.15) is 30.0 Å². The number of fused-ring (bicyclic) bond motifs is 2. The van der Waals surface area contributed by atoms with E-state index >= 15 is 0 Å². The summed E-state index contributed by atoms with van der Waals surface area (Å²) in [4.78, 5) is 51.1. The van der Waals surface area contributed by atoms with Gasteiger partial charge in [0, 0.05) is 18.5 Å². The third kappa shape index (κ3) is 3.59. The maximum absolute atomic E-state index is 12.9. The number of urea groups is 1. The van der Waals surface area contributed by atoms with Crippen molar-refractivity contribution in [1.29, 1.82) is 0 Å². The van der Waals surface area contributed by atoms with Crippen molar-refractivity contribution in [2.75, 3.05) is 16.8 Å². The van der Waals surface area contributed by atoms with Gasteiger partial charge in [0.15, 0.2) is 6.10 Å². The van der Waals surface area contributed by atoms with Crippen molar-refractivity contribution in [1.82, 2.24) is 10.6 Å². The van der Waals surface area contributed by atoms with Crippen LogP contribution in [0.25, 0.3) is 0 Å². The highest BCUT2D eigenvalue weighted by atomic mass is 16.5. The van der Waals surface area contributed by atoms with Crippen molar-refractivity contribution in [2.24, 2.45) is 0 Å². The second-order valence-corrected chi connectivity index (χ2v) is 8.79. The molecule has 0 bridgehead atoms. The number of carbonyl (C=O) groups excluding carboxylic acids is 4. The number of benzene rings is 2. The first-order chi connectivity index (χ1) is 15.8. The number of nitrogens with zero attached hydrogens (tertiary/aromatic N) is 1. The highest BCUT2D eigenvalue weighted by Gasteiger charge is 2.50. The van der Waals surface area contributed by atoms with Crippen LogP contribution < -0.4 is 25.6 Å². The van der Waals surface area contributed by atoms with Gasteiger partial charge < -0.3 is 15.4 Å². The second kappa shape index (κ2) is 7.61. The largest absolute Gasteiger partial charge is 0.478 e. The number of rotatable bonds is 4. The molecule has 1 saturated heterocycles. The van der Waals surface area contributed by atoms with E-state index in [1.54, 1.807) is 6.07 Å². The Morgan fingerprint density at radius 1 is 1.15 bits per heavy atom. The minimum atomic E-state index is -0.959. The molecule has 2 aromatic rings. The Labute approximate surface area is 190 Å². The lowest BCUT2D eigenvalue weighted by Gasteiger charge is -2.33. The van der Waals surface area contributed by atoms with Crippen molar-refractivity contribution in [3.05, 3.63) is 53.1 Å². The molecule has 5 rings (SSSR count). The number of hydrogen-bond donors (Lipinski definition) is 3. The zero-order valence-electron chi connectivity index (χ0n) is 18.4. The average Bonchev–Trinajstić information content (AvgIpc) is 3.27. The Balaban J connectivity index is 1.33. The predicted octanol–water partition coefficient (Wildman–Crippen LogP) is 1.81. The van der Waals surface area contributed by atoms with Crippen LogP contribution in [0.4, 0.5) is 16.2 Å². The Bertz CT molecular complexity index is 1210. The summed E-state index contributed by atoms with van der Waals surface area (Å²) in [6.07, 6.45) is 0.638. The molecular formula is C24H24N4O5. The molecule has 2 unspecified atom stereocenters. The van der Waals surface area contributed by atoms with Crippen LogP contribution in [0.15, 0.2) is 36.4 Å². The van der Waals surface area contributed by atoms with E-state index in [1.807, 2.05) is 44.2 Å². The Morgan fingerprint density at radius 3 is 2.67 bits per heavy atom. The summed E-state index contributed by atoms with van der Waals surface area (Å²) >= 11 is 0. The first-order valence-corrected chi connectivity index (χ1v) is 10.9. The molecule has 170 valence electrons. The molecule has 3 N–H and O–H groups in total. The number of amides is 5. The first-order valence-electron chi connectivity index (χ1n) is 10.9. The molecular weight excluding hydrogens is 424 g/mol. The van der Waals surface area contributed by atoms with E-state index in [2.05, 4.69) is 16.0 Å². The number of anilines is 2. The van der Waals surface area contributed by atoms with Crippen LogP contribution in [0, 0.1) is 6.92 Å². The lowest BCUT2D eigenvalue weighted by atomic mass is 9.96. The van der Waals surface area contributed by atoms with Crippen LogP contribution in [0.5, 0.6) is 5.75 Å². The van der Waals surface area contributed by atoms with Gasteiger partial charge in [-0.3, -0.25) is 24.6 Å². The predicted molar refractivity (Wildman–Crippen MR) is 120 cm³/mol. The maximum Gasteiger partial charge on any atom is 0.322 e. The molecule has 2 heterocycles. The van der Waals surface area contributed by atoms with E-state index in [0.29, 0.717) is 36.4 Å². The average molecular weight is 448 g/mol. The van der Waals surface area contributed by atoms with Gasteiger partial charge >= 0.3 is 6.03 Å². The Morgan fingerprint density at radius 2 is 1.94 bits per heavy atom. The molecule has 1 fully saturated rings. The standard InChI is InChI=1S/C24H24N4O5/c1-3-18-21(30)28(17-8-13(2)4-7-19(17)33-18)12-20(29)25-16-6-5-14-10-24(11-15(14)9-16)22(31)26-23(32)27-24/h4-9,18H,3,10-12H2,1-2H3,(H,25,29)(H2,26,27,31,32). The van der Waals surface area contributed by atoms with Gasteiger partial charge in [0.1, 0.15) is 17.8 Å². The molecule has 2 aromatic carbocycles. The SMILES string of the molecule is CCC1Oc2ccc(C)cc2N(CC(=O)Nc2ccc3c(c2)CC2(C3)NC(=O)NC2=O)C1=O. The first kappa shape index (κ1) is 21.0. The summed E-state index contributed by atoms with van der Waals surface area (Å²) in [5.41, 5.74) is 2.99. The molecule has 0 radical (unpaired) electrons. The molecule has 0 aromatic heterocycles. The molecule has 2 atom stereocenters. The second-order valence-electron chi connectivity index (χ2n) is 8.79. The number of carbonyl (C=O) groups is 4. The minimum absolute atomic E-state index is 0.144. The molecule has 9 heteroatoms. The van der Waals surface area contributed by atoms with Crippen LogP contribution in [0.2, 0.25) is 0 Å². The molecule has 9 nitrogen and oxygen atoms in total. The monoisotopic (exact) mass is 448 g/mol. The van der Waals surface area contributed by atoms with Crippen molar-refractivity contribution in [3.63, 3.8) is 0 Å². The van der Waals surface area contributed by atoms with E-state index in [4.69, 9.17) is 4.74 Å². The van der Waals surface area contributed by atoms with Crippen molar-refractivity contribution >= 4 is 35.1 Å². The lowest BCUT2D eigenvalue weighted by molar-refractivity contribution is -0.128. The van der Waals surface area contributed by atoms with Crippen molar-refractivity contribution in [2.45, 2.75) is 44.8 Å². The molecule has 0 saturated carbocycles. The normalized spacial score (nSPS) is 23.0. The van der Waals surface area contributed by atoms with Gasteiger partial charge in [-0.05, 0) is 54.3 Å². The van der Waals surface area contributed by atoms with Gasteiger partial charge in [0.25, 0.3) is 11.8 Å².